The fourth-order valence-corrected chi connectivity index (χ4v) is 3.62. The summed E-state index contributed by atoms with van der Waals surface area (Å²) in [7, 11) is -3.29. The Balaban J connectivity index is 2.96. The summed E-state index contributed by atoms with van der Waals surface area (Å²) in [5, 5.41) is 9.08. The van der Waals surface area contributed by atoms with Gasteiger partial charge < -0.3 is 9.84 Å². The van der Waals surface area contributed by atoms with Gasteiger partial charge in [-0.3, -0.25) is 0 Å². The molecule has 1 aliphatic rings. The fraction of sp³-hybridized carbons (Fsp3) is 0.889. The molecule has 0 saturated carbocycles. The van der Waals surface area contributed by atoms with E-state index in [-0.39, 0.29) is 18.3 Å². The molecule has 0 bridgehead atoms. The predicted octanol–water partition coefficient (Wildman–Crippen LogP) is 0.443. The molecule has 1 heterocycles. The number of rotatable bonds is 3. The van der Waals surface area contributed by atoms with Gasteiger partial charge in [-0.1, -0.05) is 0 Å². The summed E-state index contributed by atoms with van der Waals surface area (Å²) >= 11 is 0. The van der Waals surface area contributed by atoms with Gasteiger partial charge in [0, 0.05) is 0 Å². The van der Waals surface area contributed by atoms with Crippen LogP contribution in [-0.2, 0) is 19.4 Å². The Morgan fingerprint density at radius 2 is 2.07 bits per heavy atom. The van der Waals surface area contributed by atoms with Crippen LogP contribution in [0.2, 0.25) is 0 Å². The van der Waals surface area contributed by atoms with Crippen LogP contribution in [0.1, 0.15) is 26.7 Å². The number of aliphatic carboxylic acids is 1. The number of sulfone groups is 1. The molecule has 1 saturated heterocycles. The van der Waals surface area contributed by atoms with Gasteiger partial charge in [0.05, 0.1) is 17.6 Å². The van der Waals surface area contributed by atoms with Gasteiger partial charge in [0.1, 0.15) is 0 Å². The SMILES string of the molecule is CC(C)OC1(C(=O)O)CCCS(=O)(=O)C1. The third-order valence-corrected chi connectivity index (χ3v) is 4.16. The van der Waals surface area contributed by atoms with Crippen LogP contribution >= 0.6 is 0 Å². The van der Waals surface area contributed by atoms with E-state index in [4.69, 9.17) is 9.84 Å². The minimum Gasteiger partial charge on any atom is -0.479 e. The summed E-state index contributed by atoms with van der Waals surface area (Å²) in [6, 6.07) is 0. The van der Waals surface area contributed by atoms with Crippen molar-refractivity contribution in [3.05, 3.63) is 0 Å². The van der Waals surface area contributed by atoms with Crippen molar-refractivity contribution in [3.8, 4) is 0 Å². The Kier molecular flexibility index (Phi) is 3.40. The van der Waals surface area contributed by atoms with Gasteiger partial charge in [-0.2, -0.15) is 0 Å². The van der Waals surface area contributed by atoms with Crippen LogP contribution in [0.3, 0.4) is 0 Å². The Hall–Kier alpha value is -0.620. The summed E-state index contributed by atoms with van der Waals surface area (Å²) in [5.41, 5.74) is -1.54. The molecule has 0 radical (unpaired) electrons. The largest absolute Gasteiger partial charge is 0.479 e. The minimum absolute atomic E-state index is 0.0590. The lowest BCUT2D eigenvalue weighted by Gasteiger charge is -2.34. The Morgan fingerprint density at radius 1 is 1.47 bits per heavy atom. The lowest BCUT2D eigenvalue weighted by Crippen LogP contribution is -2.52. The minimum atomic E-state index is -3.29. The van der Waals surface area contributed by atoms with Gasteiger partial charge in [0.25, 0.3) is 0 Å². The number of carbonyl (C=O) groups is 1. The molecule has 6 heteroatoms. The zero-order chi connectivity index (χ0) is 11.7. The molecule has 0 spiro atoms. The molecule has 1 aliphatic heterocycles. The van der Waals surface area contributed by atoms with E-state index in [2.05, 4.69) is 0 Å². The molecular formula is C9H16O5S. The summed E-state index contributed by atoms with van der Waals surface area (Å²) in [6.07, 6.45) is 0.315. The van der Waals surface area contributed by atoms with Crippen LogP contribution < -0.4 is 0 Å². The summed E-state index contributed by atoms with van der Waals surface area (Å²) in [5.74, 6) is -1.53. The van der Waals surface area contributed by atoms with Crippen LogP contribution in [0.25, 0.3) is 0 Å². The smallest absolute Gasteiger partial charge is 0.337 e. The lowest BCUT2D eigenvalue weighted by atomic mass is 9.99. The highest BCUT2D eigenvalue weighted by Crippen LogP contribution is 2.28. The average Bonchev–Trinajstić information content (AvgIpc) is 1.99. The molecule has 5 nitrogen and oxygen atoms in total. The molecular weight excluding hydrogens is 220 g/mol. The molecule has 0 aromatic rings. The van der Waals surface area contributed by atoms with Crippen LogP contribution in [0.4, 0.5) is 0 Å². The molecule has 1 N–H and O–H groups in total. The quantitative estimate of drug-likeness (QED) is 0.769. The highest BCUT2D eigenvalue weighted by molar-refractivity contribution is 7.91. The zero-order valence-corrected chi connectivity index (χ0v) is 9.71. The number of ether oxygens (including phenoxy) is 1. The maximum atomic E-state index is 11.4. The van der Waals surface area contributed by atoms with E-state index < -0.39 is 27.2 Å². The molecule has 15 heavy (non-hydrogen) atoms. The van der Waals surface area contributed by atoms with Crippen LogP contribution in [0.5, 0.6) is 0 Å². The topological polar surface area (TPSA) is 80.7 Å². The van der Waals surface area contributed by atoms with Crippen molar-refractivity contribution in [1.29, 1.82) is 0 Å². The van der Waals surface area contributed by atoms with Crippen molar-refractivity contribution in [2.45, 2.75) is 38.4 Å². The van der Waals surface area contributed by atoms with E-state index in [1.807, 2.05) is 0 Å². The van der Waals surface area contributed by atoms with Crippen molar-refractivity contribution in [1.82, 2.24) is 0 Å². The summed E-state index contributed by atoms with van der Waals surface area (Å²) < 4.78 is 28.1. The first kappa shape index (κ1) is 12.4. The molecule has 1 fully saturated rings. The Morgan fingerprint density at radius 3 is 2.47 bits per heavy atom. The highest BCUT2D eigenvalue weighted by atomic mass is 32.2. The number of hydrogen-bond donors (Lipinski definition) is 1. The van der Waals surface area contributed by atoms with Crippen LogP contribution in [0, 0.1) is 0 Å². The molecule has 88 valence electrons. The van der Waals surface area contributed by atoms with Crippen molar-refractivity contribution in [2.24, 2.45) is 0 Å². The number of carboxylic acids is 1. The Bertz CT molecular complexity index is 346. The molecule has 0 amide bonds. The fourth-order valence-electron chi connectivity index (χ4n) is 1.84. The zero-order valence-electron chi connectivity index (χ0n) is 8.89. The molecule has 1 rings (SSSR count). The first-order valence-electron chi connectivity index (χ1n) is 4.89. The van der Waals surface area contributed by atoms with Crippen molar-refractivity contribution in [3.63, 3.8) is 0 Å². The second-order valence-electron chi connectivity index (χ2n) is 4.16. The standard InChI is InChI=1S/C9H16O5S/c1-7(2)14-9(8(10)11)4-3-5-15(12,13)6-9/h7H,3-6H2,1-2H3,(H,10,11). The van der Waals surface area contributed by atoms with Gasteiger partial charge in [-0.15, -0.1) is 0 Å². The van der Waals surface area contributed by atoms with Crippen molar-refractivity contribution in [2.75, 3.05) is 11.5 Å². The van der Waals surface area contributed by atoms with Gasteiger partial charge in [0.15, 0.2) is 15.4 Å². The maximum Gasteiger partial charge on any atom is 0.337 e. The number of carboxylic acid groups (broad SMARTS) is 1. The third kappa shape index (κ3) is 2.92. The molecule has 1 unspecified atom stereocenters. The highest BCUT2D eigenvalue weighted by Gasteiger charge is 2.47. The monoisotopic (exact) mass is 236 g/mol. The Labute approximate surface area is 89.3 Å². The van der Waals surface area contributed by atoms with Crippen molar-refractivity contribution < 1.29 is 23.1 Å². The molecule has 1 atom stereocenters. The second kappa shape index (κ2) is 4.09. The molecule has 0 aromatic heterocycles. The molecule has 0 aliphatic carbocycles. The molecule has 0 aromatic carbocycles. The van der Waals surface area contributed by atoms with Crippen molar-refractivity contribution >= 4 is 15.8 Å². The third-order valence-electron chi connectivity index (χ3n) is 2.34. The van der Waals surface area contributed by atoms with Gasteiger partial charge >= 0.3 is 5.97 Å². The summed E-state index contributed by atoms with van der Waals surface area (Å²) in [6.45, 7) is 3.40. The first-order valence-corrected chi connectivity index (χ1v) is 6.71. The predicted molar refractivity (Wildman–Crippen MR) is 54.5 cm³/mol. The maximum absolute atomic E-state index is 11.4. The van der Waals surface area contributed by atoms with E-state index >= 15 is 0 Å². The van der Waals surface area contributed by atoms with Gasteiger partial charge in [-0.05, 0) is 26.7 Å². The van der Waals surface area contributed by atoms with Gasteiger partial charge in [-0.25, -0.2) is 13.2 Å². The van der Waals surface area contributed by atoms with E-state index in [9.17, 15) is 13.2 Å². The van der Waals surface area contributed by atoms with Gasteiger partial charge in [0.2, 0.25) is 0 Å². The summed E-state index contributed by atoms with van der Waals surface area (Å²) in [4.78, 5) is 11.1. The van der Waals surface area contributed by atoms with Crippen LogP contribution in [0.15, 0.2) is 0 Å². The first-order chi connectivity index (χ1) is 6.77. The van der Waals surface area contributed by atoms with E-state index in [1.165, 1.54) is 0 Å². The lowest BCUT2D eigenvalue weighted by molar-refractivity contribution is -0.169. The van der Waals surface area contributed by atoms with E-state index in [0.29, 0.717) is 6.42 Å². The average molecular weight is 236 g/mol. The normalized spacial score (nSPS) is 30.3. The van der Waals surface area contributed by atoms with E-state index in [1.54, 1.807) is 13.8 Å². The van der Waals surface area contributed by atoms with E-state index in [0.717, 1.165) is 0 Å². The second-order valence-corrected chi connectivity index (χ2v) is 6.35. The van der Waals surface area contributed by atoms with Crippen LogP contribution in [-0.4, -0.2) is 42.7 Å². The number of hydrogen-bond acceptors (Lipinski definition) is 4.